The Labute approximate surface area is 148 Å². The lowest BCUT2D eigenvalue weighted by molar-refractivity contribution is -0.116. The summed E-state index contributed by atoms with van der Waals surface area (Å²) in [7, 11) is 1.59. The van der Waals surface area contributed by atoms with Crippen molar-refractivity contribution >= 4 is 22.4 Å². The van der Waals surface area contributed by atoms with Crippen molar-refractivity contribution in [3.8, 4) is 17.0 Å². The fourth-order valence-corrected chi connectivity index (χ4v) is 2.89. The molecule has 0 saturated heterocycles. The summed E-state index contributed by atoms with van der Waals surface area (Å²) < 4.78 is 6.36. The molecule has 1 aromatic carbocycles. The third-order valence-electron chi connectivity index (χ3n) is 3.44. The monoisotopic (exact) mass is 356 g/mol. The zero-order valence-corrected chi connectivity index (χ0v) is 14.5. The Morgan fingerprint density at radius 1 is 1.32 bits per heavy atom. The van der Waals surface area contributed by atoms with E-state index in [2.05, 4.69) is 15.3 Å². The van der Waals surface area contributed by atoms with Gasteiger partial charge >= 0.3 is 0 Å². The molecule has 1 N–H and O–H groups in total. The van der Waals surface area contributed by atoms with E-state index in [4.69, 9.17) is 4.74 Å². The van der Waals surface area contributed by atoms with Crippen molar-refractivity contribution in [1.29, 1.82) is 0 Å². The quantitative estimate of drug-likeness (QED) is 0.758. The van der Waals surface area contributed by atoms with Gasteiger partial charge in [0.05, 0.1) is 24.8 Å². The lowest BCUT2D eigenvalue weighted by Crippen LogP contribution is -2.27. The molecule has 128 valence electrons. The Balaban J connectivity index is 1.73. The number of thiazole rings is 1. The van der Waals surface area contributed by atoms with Crippen LogP contribution in [0, 0.1) is 6.92 Å². The number of carbonyl (C=O) groups excluding carboxylic acids is 1. The van der Waals surface area contributed by atoms with Crippen molar-refractivity contribution in [2.45, 2.75) is 13.5 Å². The van der Waals surface area contributed by atoms with Crippen LogP contribution in [0.5, 0.6) is 5.75 Å². The van der Waals surface area contributed by atoms with Crippen molar-refractivity contribution in [1.82, 2.24) is 14.5 Å². The number of hydrogen-bond acceptors (Lipinski definition) is 6. The number of nitrogens with one attached hydrogen (secondary N) is 1. The standard InChI is InChI=1S/C17H16N4O3S/c1-11-9-25-17(19-11)20-15(22)8-21-10-18-14(7-16(21)23)12-3-5-13(24-2)6-4-12/h3-7,9-10H,8H2,1-2H3,(H,19,20,22). The molecule has 8 heteroatoms. The normalized spacial score (nSPS) is 10.5. The molecular formula is C17H16N4O3S. The molecule has 0 atom stereocenters. The van der Waals surface area contributed by atoms with Crippen LogP contribution in [0.2, 0.25) is 0 Å². The van der Waals surface area contributed by atoms with E-state index in [1.165, 1.54) is 28.3 Å². The van der Waals surface area contributed by atoms with Gasteiger partial charge in [-0.15, -0.1) is 11.3 Å². The van der Waals surface area contributed by atoms with Gasteiger partial charge in [-0.25, -0.2) is 9.97 Å². The van der Waals surface area contributed by atoms with Crippen molar-refractivity contribution in [3.63, 3.8) is 0 Å². The number of amides is 1. The highest BCUT2D eigenvalue weighted by Crippen LogP contribution is 2.19. The van der Waals surface area contributed by atoms with Gasteiger partial charge in [0.15, 0.2) is 5.13 Å². The molecule has 0 radical (unpaired) electrons. The molecule has 3 aromatic rings. The average molecular weight is 356 g/mol. The average Bonchev–Trinajstić information content (AvgIpc) is 3.01. The van der Waals surface area contributed by atoms with Gasteiger partial charge in [0.1, 0.15) is 12.3 Å². The zero-order chi connectivity index (χ0) is 17.8. The SMILES string of the molecule is COc1ccc(-c2cc(=O)n(CC(=O)Nc3nc(C)cs3)cn2)cc1. The third kappa shape index (κ3) is 4.10. The first-order valence-corrected chi connectivity index (χ1v) is 8.36. The molecular weight excluding hydrogens is 340 g/mol. The first-order valence-electron chi connectivity index (χ1n) is 7.48. The predicted octanol–water partition coefficient (Wildman–Crippen LogP) is 2.32. The molecule has 1 amide bonds. The highest BCUT2D eigenvalue weighted by atomic mass is 32.1. The first kappa shape index (κ1) is 16.8. The summed E-state index contributed by atoms with van der Waals surface area (Å²) in [6.07, 6.45) is 1.37. The van der Waals surface area contributed by atoms with E-state index < -0.39 is 0 Å². The summed E-state index contributed by atoms with van der Waals surface area (Å²) in [5, 5.41) is 5.02. The number of benzene rings is 1. The van der Waals surface area contributed by atoms with Gasteiger partial charge in [0.25, 0.3) is 5.56 Å². The largest absolute Gasteiger partial charge is 0.497 e. The van der Waals surface area contributed by atoms with E-state index in [9.17, 15) is 9.59 Å². The Bertz CT molecular complexity index is 947. The number of aromatic nitrogens is 3. The highest BCUT2D eigenvalue weighted by Gasteiger charge is 2.09. The Morgan fingerprint density at radius 2 is 2.08 bits per heavy atom. The summed E-state index contributed by atoms with van der Waals surface area (Å²) in [5.74, 6) is 0.404. The van der Waals surface area contributed by atoms with E-state index in [-0.39, 0.29) is 18.0 Å². The van der Waals surface area contributed by atoms with Crippen molar-refractivity contribution < 1.29 is 9.53 Å². The topological polar surface area (TPSA) is 86.1 Å². The fraction of sp³-hybridized carbons (Fsp3) is 0.176. The van der Waals surface area contributed by atoms with Crippen molar-refractivity contribution in [2.24, 2.45) is 0 Å². The molecule has 0 fully saturated rings. The smallest absolute Gasteiger partial charge is 0.254 e. The second-order valence-electron chi connectivity index (χ2n) is 5.31. The van der Waals surface area contributed by atoms with E-state index in [1.807, 2.05) is 24.4 Å². The number of carbonyl (C=O) groups is 1. The van der Waals surface area contributed by atoms with E-state index in [0.29, 0.717) is 10.8 Å². The molecule has 7 nitrogen and oxygen atoms in total. The van der Waals surface area contributed by atoms with Crippen LogP contribution in [0.1, 0.15) is 5.69 Å². The van der Waals surface area contributed by atoms with Gasteiger partial charge in [-0.1, -0.05) is 0 Å². The minimum Gasteiger partial charge on any atom is -0.497 e. The summed E-state index contributed by atoms with van der Waals surface area (Å²) >= 11 is 1.34. The Kier molecular flexibility index (Phi) is 4.90. The summed E-state index contributed by atoms with van der Waals surface area (Å²) in [6.45, 7) is 1.73. The molecule has 0 aliphatic rings. The van der Waals surface area contributed by atoms with Gasteiger partial charge in [0.2, 0.25) is 5.91 Å². The van der Waals surface area contributed by atoms with Crippen LogP contribution in [0.25, 0.3) is 11.3 Å². The highest BCUT2D eigenvalue weighted by molar-refractivity contribution is 7.13. The maximum Gasteiger partial charge on any atom is 0.254 e. The van der Waals surface area contributed by atoms with Crippen molar-refractivity contribution in [2.75, 3.05) is 12.4 Å². The van der Waals surface area contributed by atoms with Crippen LogP contribution in [0.15, 0.2) is 46.8 Å². The predicted molar refractivity (Wildman–Crippen MR) is 96.0 cm³/mol. The maximum absolute atomic E-state index is 12.2. The van der Waals surface area contributed by atoms with E-state index in [0.717, 1.165) is 17.0 Å². The fourth-order valence-electron chi connectivity index (χ4n) is 2.19. The number of ether oxygens (including phenoxy) is 1. The first-order chi connectivity index (χ1) is 12.0. The van der Waals surface area contributed by atoms with Gasteiger partial charge in [-0.2, -0.15) is 0 Å². The zero-order valence-electron chi connectivity index (χ0n) is 13.7. The maximum atomic E-state index is 12.2. The second-order valence-corrected chi connectivity index (χ2v) is 6.17. The lowest BCUT2D eigenvalue weighted by Gasteiger charge is -2.07. The number of aryl methyl sites for hydroxylation is 1. The third-order valence-corrected chi connectivity index (χ3v) is 4.32. The van der Waals surface area contributed by atoms with Gasteiger partial charge < -0.3 is 10.1 Å². The van der Waals surface area contributed by atoms with Gasteiger partial charge in [0, 0.05) is 17.0 Å². The second kappa shape index (κ2) is 7.27. The van der Waals surface area contributed by atoms with E-state index >= 15 is 0 Å². The molecule has 25 heavy (non-hydrogen) atoms. The van der Waals surface area contributed by atoms with Crippen LogP contribution in [-0.2, 0) is 11.3 Å². The number of anilines is 1. The minimum atomic E-state index is -0.324. The number of hydrogen-bond donors (Lipinski definition) is 1. The Hall–Kier alpha value is -3.00. The molecule has 0 bridgehead atoms. The number of rotatable bonds is 5. The summed E-state index contributed by atoms with van der Waals surface area (Å²) in [5.41, 5.74) is 1.88. The van der Waals surface area contributed by atoms with E-state index in [1.54, 1.807) is 19.2 Å². The molecule has 2 heterocycles. The Morgan fingerprint density at radius 3 is 2.68 bits per heavy atom. The molecule has 0 unspecified atom stereocenters. The minimum absolute atomic E-state index is 0.118. The summed E-state index contributed by atoms with van der Waals surface area (Å²) in [4.78, 5) is 32.7. The lowest BCUT2D eigenvalue weighted by atomic mass is 10.1. The van der Waals surface area contributed by atoms with Crippen molar-refractivity contribution in [3.05, 3.63) is 58.1 Å². The van der Waals surface area contributed by atoms with Crippen LogP contribution in [-0.4, -0.2) is 27.6 Å². The van der Waals surface area contributed by atoms with Crippen LogP contribution in [0.4, 0.5) is 5.13 Å². The molecule has 0 saturated carbocycles. The molecule has 0 aliphatic heterocycles. The molecule has 0 spiro atoms. The molecule has 2 aromatic heterocycles. The van der Waals surface area contributed by atoms with Crippen LogP contribution in [0.3, 0.4) is 0 Å². The number of nitrogens with zero attached hydrogens (tertiary/aromatic N) is 3. The molecule has 0 aliphatic carbocycles. The van der Waals surface area contributed by atoms with Gasteiger partial charge in [-0.05, 0) is 31.2 Å². The van der Waals surface area contributed by atoms with Crippen LogP contribution < -0.4 is 15.6 Å². The molecule has 3 rings (SSSR count). The number of methoxy groups -OCH3 is 1. The van der Waals surface area contributed by atoms with Crippen LogP contribution >= 0.6 is 11.3 Å². The van der Waals surface area contributed by atoms with Gasteiger partial charge in [-0.3, -0.25) is 14.2 Å². The summed E-state index contributed by atoms with van der Waals surface area (Å²) in [6, 6.07) is 8.64.